The molecule has 0 saturated heterocycles. The van der Waals surface area contributed by atoms with Crippen LogP contribution in [0.2, 0.25) is 0 Å². The summed E-state index contributed by atoms with van der Waals surface area (Å²) in [6.45, 7) is 5.66. The first-order valence-electron chi connectivity index (χ1n) is 9.56. The number of carbonyl (C=O) groups is 1. The number of aromatic hydroxyl groups is 1. The van der Waals surface area contributed by atoms with E-state index in [0.29, 0.717) is 31.6 Å². The molecule has 0 saturated carbocycles. The number of ketones is 1. The molecule has 6 nitrogen and oxygen atoms in total. The Labute approximate surface area is 203 Å². The Morgan fingerprint density at radius 1 is 1.03 bits per heavy atom. The molecule has 0 fully saturated rings. The quantitative estimate of drug-likeness (QED) is 0.346. The summed E-state index contributed by atoms with van der Waals surface area (Å²) >= 11 is 6.90. The van der Waals surface area contributed by atoms with E-state index in [-0.39, 0.29) is 27.9 Å². The minimum absolute atomic E-state index is 0.113. The van der Waals surface area contributed by atoms with Crippen molar-refractivity contribution in [3.63, 3.8) is 0 Å². The lowest BCUT2D eigenvalue weighted by Gasteiger charge is -2.15. The number of carbonyl (C=O) groups excluding carboxylic acids is 1. The van der Waals surface area contributed by atoms with Gasteiger partial charge in [-0.25, -0.2) is 13.6 Å². The second-order valence-electron chi connectivity index (χ2n) is 7.60. The van der Waals surface area contributed by atoms with E-state index < -0.39 is 10.0 Å². The molecule has 0 amide bonds. The van der Waals surface area contributed by atoms with E-state index in [1.807, 2.05) is 13.8 Å². The van der Waals surface area contributed by atoms with Gasteiger partial charge in [-0.2, -0.15) is 0 Å². The van der Waals surface area contributed by atoms with E-state index in [0.717, 1.165) is 5.56 Å². The molecule has 0 atom stereocenters. The number of primary sulfonamides is 1. The summed E-state index contributed by atoms with van der Waals surface area (Å²) in [6.07, 6.45) is 0. The lowest BCUT2D eigenvalue weighted by atomic mass is 9.99. The van der Waals surface area contributed by atoms with E-state index in [1.54, 1.807) is 43.3 Å². The van der Waals surface area contributed by atoms with Crippen molar-refractivity contribution in [2.45, 2.75) is 31.6 Å². The first kappa shape index (κ1) is 24.4. The summed E-state index contributed by atoms with van der Waals surface area (Å²) < 4.78 is 30.4. The van der Waals surface area contributed by atoms with Gasteiger partial charge in [0.15, 0.2) is 11.5 Å². The second-order valence-corrected chi connectivity index (χ2v) is 10.9. The first-order valence-corrected chi connectivity index (χ1v) is 12.7. The van der Waals surface area contributed by atoms with Crippen LogP contribution in [0, 0.1) is 6.92 Å². The van der Waals surface area contributed by atoms with E-state index in [9.17, 15) is 18.3 Å². The van der Waals surface area contributed by atoms with Crippen molar-refractivity contribution in [2.75, 3.05) is 0 Å². The molecular formula is C23H21Br2NO5S. The van der Waals surface area contributed by atoms with E-state index in [4.69, 9.17) is 9.88 Å². The molecule has 3 rings (SSSR count). The van der Waals surface area contributed by atoms with Crippen LogP contribution in [0.25, 0.3) is 0 Å². The van der Waals surface area contributed by atoms with Crippen molar-refractivity contribution < 1.29 is 23.1 Å². The van der Waals surface area contributed by atoms with Crippen LogP contribution in [0.15, 0.2) is 62.4 Å². The predicted molar refractivity (Wildman–Crippen MR) is 130 cm³/mol. The summed E-state index contributed by atoms with van der Waals surface area (Å²) in [5, 5.41) is 15.2. The van der Waals surface area contributed by atoms with Gasteiger partial charge in [0.25, 0.3) is 0 Å². The summed E-state index contributed by atoms with van der Waals surface area (Å²) in [5.41, 5.74) is 1.95. The van der Waals surface area contributed by atoms with Crippen LogP contribution in [-0.2, 0) is 10.0 Å². The summed E-state index contributed by atoms with van der Waals surface area (Å²) in [4.78, 5) is 13.0. The molecule has 0 radical (unpaired) electrons. The normalized spacial score (nSPS) is 11.6. The number of aryl methyl sites for hydroxylation is 1. The maximum atomic E-state index is 13.1. The van der Waals surface area contributed by atoms with Crippen LogP contribution in [0.1, 0.15) is 46.8 Å². The largest absolute Gasteiger partial charge is 0.508 e. The van der Waals surface area contributed by atoms with Crippen molar-refractivity contribution in [3.05, 3.63) is 79.7 Å². The average molecular weight is 583 g/mol. The van der Waals surface area contributed by atoms with Gasteiger partial charge in [-0.05, 0) is 92.7 Å². The molecule has 0 bridgehead atoms. The van der Waals surface area contributed by atoms with Crippen LogP contribution in [0.4, 0.5) is 0 Å². The van der Waals surface area contributed by atoms with Gasteiger partial charge in [-0.1, -0.05) is 19.9 Å². The smallest absolute Gasteiger partial charge is 0.238 e. The molecule has 0 aliphatic carbocycles. The zero-order chi connectivity index (χ0) is 23.8. The van der Waals surface area contributed by atoms with Crippen molar-refractivity contribution in [3.8, 4) is 17.2 Å². The third kappa shape index (κ3) is 5.23. The highest BCUT2D eigenvalue weighted by Crippen LogP contribution is 2.40. The molecule has 32 heavy (non-hydrogen) atoms. The molecule has 0 aliphatic heterocycles. The van der Waals surface area contributed by atoms with E-state index in [2.05, 4.69) is 31.9 Å². The number of rotatable bonds is 6. The highest BCUT2D eigenvalue weighted by atomic mass is 79.9. The van der Waals surface area contributed by atoms with Crippen LogP contribution < -0.4 is 9.88 Å². The third-order valence-electron chi connectivity index (χ3n) is 4.88. The Kier molecular flexibility index (Phi) is 7.14. The van der Waals surface area contributed by atoms with Gasteiger partial charge in [0.05, 0.1) is 13.8 Å². The monoisotopic (exact) mass is 581 g/mol. The van der Waals surface area contributed by atoms with Gasteiger partial charge in [0, 0.05) is 16.7 Å². The fourth-order valence-corrected chi connectivity index (χ4v) is 5.03. The predicted octanol–water partition coefficient (Wildman–Crippen LogP) is 6.02. The SMILES string of the molecule is Cc1ccc(S(N)(=O)=O)cc1C(=O)c1cc(Br)c(Oc2ccc(O)c(C(C)C)c2)c(Br)c1. The molecule has 0 aromatic heterocycles. The van der Waals surface area contributed by atoms with Gasteiger partial charge in [0.2, 0.25) is 10.0 Å². The Morgan fingerprint density at radius 2 is 1.66 bits per heavy atom. The lowest BCUT2D eigenvalue weighted by Crippen LogP contribution is -2.14. The number of phenols is 1. The molecule has 3 aromatic carbocycles. The van der Waals surface area contributed by atoms with Crippen LogP contribution in [-0.4, -0.2) is 19.3 Å². The van der Waals surface area contributed by atoms with Crippen LogP contribution in [0.5, 0.6) is 17.2 Å². The zero-order valence-corrected chi connectivity index (χ0v) is 21.5. The number of halogens is 2. The maximum Gasteiger partial charge on any atom is 0.238 e. The molecule has 168 valence electrons. The fraction of sp³-hybridized carbons (Fsp3) is 0.174. The molecular weight excluding hydrogens is 562 g/mol. The van der Waals surface area contributed by atoms with E-state index >= 15 is 0 Å². The fourth-order valence-electron chi connectivity index (χ4n) is 3.14. The summed E-state index contributed by atoms with van der Waals surface area (Å²) in [6, 6.07) is 12.4. The Balaban J connectivity index is 1.98. The number of sulfonamides is 1. The topological polar surface area (TPSA) is 107 Å². The highest BCUT2D eigenvalue weighted by molar-refractivity contribution is 9.11. The highest BCUT2D eigenvalue weighted by Gasteiger charge is 2.20. The number of ether oxygens (including phenoxy) is 1. The third-order valence-corrected chi connectivity index (χ3v) is 6.97. The molecule has 0 aliphatic rings. The molecule has 0 unspecified atom stereocenters. The molecule has 9 heteroatoms. The number of nitrogens with two attached hydrogens (primary N) is 1. The minimum atomic E-state index is -3.94. The first-order chi connectivity index (χ1) is 14.9. The Bertz CT molecular complexity index is 1300. The molecule has 0 spiro atoms. The number of benzene rings is 3. The van der Waals surface area contributed by atoms with E-state index in [1.165, 1.54) is 12.1 Å². The van der Waals surface area contributed by atoms with Gasteiger partial charge in [-0.15, -0.1) is 0 Å². The Hall–Kier alpha value is -2.20. The molecule has 0 heterocycles. The maximum absolute atomic E-state index is 13.1. The number of phenolic OH excluding ortho intramolecular Hbond substituents is 1. The second kappa shape index (κ2) is 9.35. The standard InChI is InChI=1S/C23H21Br2NO5S/c1-12(2)17-10-15(5-7-21(17)27)31-23-19(24)8-14(9-20(23)25)22(28)18-11-16(32(26,29)30)6-4-13(18)3/h4-12,27H,1-3H3,(H2,26,29,30). The van der Waals surface area contributed by atoms with Gasteiger partial charge < -0.3 is 9.84 Å². The minimum Gasteiger partial charge on any atom is -0.508 e. The van der Waals surface area contributed by atoms with Gasteiger partial charge in [-0.3, -0.25) is 4.79 Å². The van der Waals surface area contributed by atoms with Crippen molar-refractivity contribution in [2.24, 2.45) is 5.14 Å². The lowest BCUT2D eigenvalue weighted by molar-refractivity contribution is 0.103. The van der Waals surface area contributed by atoms with Crippen molar-refractivity contribution >= 4 is 47.7 Å². The molecule has 3 N–H and O–H groups in total. The van der Waals surface area contributed by atoms with Gasteiger partial charge >= 0.3 is 0 Å². The summed E-state index contributed by atoms with van der Waals surface area (Å²) in [7, 11) is -3.94. The summed E-state index contributed by atoms with van der Waals surface area (Å²) in [5.74, 6) is 0.943. The van der Waals surface area contributed by atoms with Crippen molar-refractivity contribution in [1.29, 1.82) is 0 Å². The Morgan fingerprint density at radius 3 is 2.22 bits per heavy atom. The number of hydrogen-bond acceptors (Lipinski definition) is 5. The zero-order valence-electron chi connectivity index (χ0n) is 17.5. The van der Waals surface area contributed by atoms with Gasteiger partial charge in [0.1, 0.15) is 11.5 Å². The van der Waals surface area contributed by atoms with Crippen LogP contribution in [0.3, 0.4) is 0 Å². The molecule has 3 aromatic rings. The van der Waals surface area contributed by atoms with Crippen molar-refractivity contribution in [1.82, 2.24) is 0 Å². The van der Waals surface area contributed by atoms with Crippen LogP contribution >= 0.6 is 31.9 Å². The average Bonchev–Trinajstić information content (AvgIpc) is 2.70. The number of hydrogen-bond donors (Lipinski definition) is 2.